The third kappa shape index (κ3) is 5.50. The van der Waals surface area contributed by atoms with Gasteiger partial charge in [-0.3, -0.25) is 4.79 Å². The molecule has 4 aromatic rings. The van der Waals surface area contributed by atoms with Crippen molar-refractivity contribution in [1.82, 2.24) is 9.97 Å². The maximum absolute atomic E-state index is 13.0. The molecular formula is C27H26N4O4. The zero-order valence-corrected chi connectivity index (χ0v) is 20.0. The van der Waals surface area contributed by atoms with Crippen LogP contribution in [0.15, 0.2) is 72.8 Å². The molecule has 0 radical (unpaired) electrons. The molecule has 2 N–H and O–H groups in total. The lowest BCUT2D eigenvalue weighted by atomic mass is 10.1. The normalized spacial score (nSPS) is 10.4. The fourth-order valence-electron chi connectivity index (χ4n) is 3.63. The molecule has 1 amide bonds. The molecule has 0 spiro atoms. The molecule has 0 aliphatic rings. The summed E-state index contributed by atoms with van der Waals surface area (Å²) in [7, 11) is 4.53. The van der Waals surface area contributed by atoms with E-state index >= 15 is 0 Å². The fourth-order valence-corrected chi connectivity index (χ4v) is 3.63. The number of benzene rings is 3. The first-order valence-corrected chi connectivity index (χ1v) is 10.9. The summed E-state index contributed by atoms with van der Waals surface area (Å²) in [4.78, 5) is 22.0. The summed E-state index contributed by atoms with van der Waals surface area (Å²) in [5.41, 5.74) is 3.59. The van der Waals surface area contributed by atoms with Gasteiger partial charge in [0, 0.05) is 28.6 Å². The minimum absolute atomic E-state index is 0.314. The Labute approximate surface area is 203 Å². The maximum atomic E-state index is 13.0. The Hall–Kier alpha value is -4.59. The average Bonchev–Trinajstić information content (AvgIpc) is 2.88. The van der Waals surface area contributed by atoms with E-state index in [4.69, 9.17) is 14.2 Å². The van der Waals surface area contributed by atoms with Crippen molar-refractivity contribution in [2.75, 3.05) is 32.0 Å². The average molecular weight is 471 g/mol. The number of amides is 1. The van der Waals surface area contributed by atoms with E-state index in [1.54, 1.807) is 12.1 Å². The Bertz CT molecular complexity index is 1320. The van der Waals surface area contributed by atoms with Gasteiger partial charge in [-0.1, -0.05) is 36.4 Å². The van der Waals surface area contributed by atoms with Gasteiger partial charge < -0.3 is 24.8 Å². The monoisotopic (exact) mass is 470 g/mol. The zero-order valence-electron chi connectivity index (χ0n) is 20.0. The lowest BCUT2D eigenvalue weighted by Crippen LogP contribution is -2.12. The molecule has 0 saturated heterocycles. The highest BCUT2D eigenvalue weighted by molar-refractivity contribution is 6.05. The van der Waals surface area contributed by atoms with Gasteiger partial charge in [-0.25, -0.2) is 9.97 Å². The van der Waals surface area contributed by atoms with Crippen LogP contribution in [0.3, 0.4) is 0 Å². The Balaban J connectivity index is 1.55. The lowest BCUT2D eigenvalue weighted by molar-refractivity contribution is 0.102. The molecule has 8 heteroatoms. The van der Waals surface area contributed by atoms with E-state index in [1.165, 1.54) is 21.3 Å². The number of rotatable bonds is 8. The summed E-state index contributed by atoms with van der Waals surface area (Å²) >= 11 is 0. The van der Waals surface area contributed by atoms with Crippen LogP contribution in [0.2, 0.25) is 0 Å². The van der Waals surface area contributed by atoms with Crippen molar-refractivity contribution < 1.29 is 19.0 Å². The second-order valence-electron chi connectivity index (χ2n) is 7.63. The first kappa shape index (κ1) is 23.6. The van der Waals surface area contributed by atoms with Crippen LogP contribution in [0.1, 0.15) is 16.2 Å². The minimum Gasteiger partial charge on any atom is -0.493 e. The molecule has 3 aromatic carbocycles. The third-order valence-corrected chi connectivity index (χ3v) is 5.23. The number of carbonyl (C=O) groups excluding carboxylic acids is 1. The Morgan fingerprint density at radius 3 is 2.11 bits per heavy atom. The summed E-state index contributed by atoms with van der Waals surface area (Å²) in [5.74, 6) is 2.23. The van der Waals surface area contributed by atoms with Gasteiger partial charge in [0.05, 0.1) is 27.0 Å². The number of anilines is 3. The van der Waals surface area contributed by atoms with Crippen molar-refractivity contribution in [3.8, 4) is 28.5 Å². The summed E-state index contributed by atoms with van der Waals surface area (Å²) in [6.07, 6.45) is 0. The number of aromatic nitrogens is 2. The van der Waals surface area contributed by atoms with E-state index < -0.39 is 0 Å². The molecule has 1 heterocycles. The van der Waals surface area contributed by atoms with E-state index in [-0.39, 0.29) is 5.91 Å². The van der Waals surface area contributed by atoms with E-state index in [0.29, 0.717) is 40.1 Å². The molecule has 178 valence electrons. The topological polar surface area (TPSA) is 94.6 Å². The van der Waals surface area contributed by atoms with Gasteiger partial charge >= 0.3 is 0 Å². The molecule has 0 saturated carbocycles. The molecule has 1 aromatic heterocycles. The quantitative estimate of drug-likeness (QED) is 0.352. The smallest absolute Gasteiger partial charge is 0.255 e. The van der Waals surface area contributed by atoms with Gasteiger partial charge in [0.25, 0.3) is 5.91 Å². The van der Waals surface area contributed by atoms with Crippen LogP contribution in [0.25, 0.3) is 11.3 Å². The van der Waals surface area contributed by atoms with Crippen molar-refractivity contribution in [2.24, 2.45) is 0 Å². The van der Waals surface area contributed by atoms with Crippen molar-refractivity contribution in [1.29, 1.82) is 0 Å². The Morgan fingerprint density at radius 1 is 0.771 bits per heavy atom. The number of carbonyl (C=O) groups is 1. The lowest BCUT2D eigenvalue weighted by Gasteiger charge is -2.14. The highest BCUT2D eigenvalue weighted by Gasteiger charge is 2.17. The zero-order chi connectivity index (χ0) is 24.8. The summed E-state index contributed by atoms with van der Waals surface area (Å²) in [6.45, 7) is 1.85. The molecule has 0 aliphatic carbocycles. The van der Waals surface area contributed by atoms with Crippen LogP contribution >= 0.6 is 0 Å². The fraction of sp³-hybridized carbons (Fsp3) is 0.148. The number of hydrogen-bond donors (Lipinski definition) is 2. The Kier molecular flexibility index (Phi) is 7.11. The second kappa shape index (κ2) is 10.6. The van der Waals surface area contributed by atoms with Crippen LogP contribution in [-0.2, 0) is 0 Å². The maximum Gasteiger partial charge on any atom is 0.255 e. The standard InChI is InChI=1S/C27H26N4O4/c1-17-28-22(18-9-6-5-7-10-18)16-25(29-17)30-20-11-8-12-21(15-20)31-27(32)19-13-23(33-2)26(35-4)24(14-19)34-3/h5-16H,1-4H3,(H,31,32)(H,28,29,30). The van der Waals surface area contributed by atoms with Gasteiger partial charge in [0.15, 0.2) is 11.5 Å². The second-order valence-corrected chi connectivity index (χ2v) is 7.63. The summed E-state index contributed by atoms with van der Waals surface area (Å²) in [5, 5.41) is 6.21. The molecule has 0 atom stereocenters. The van der Waals surface area contributed by atoms with E-state index in [1.807, 2.05) is 67.6 Å². The van der Waals surface area contributed by atoms with Crippen LogP contribution < -0.4 is 24.8 Å². The van der Waals surface area contributed by atoms with E-state index in [2.05, 4.69) is 20.6 Å². The van der Waals surface area contributed by atoms with Crippen LogP contribution in [0.4, 0.5) is 17.2 Å². The first-order valence-electron chi connectivity index (χ1n) is 10.9. The number of hydrogen-bond acceptors (Lipinski definition) is 7. The number of methoxy groups -OCH3 is 3. The number of aryl methyl sites for hydroxylation is 1. The van der Waals surface area contributed by atoms with E-state index in [9.17, 15) is 4.79 Å². The largest absolute Gasteiger partial charge is 0.493 e. The van der Waals surface area contributed by atoms with Crippen LogP contribution in [0, 0.1) is 6.92 Å². The molecule has 0 fully saturated rings. The van der Waals surface area contributed by atoms with Crippen molar-refractivity contribution in [2.45, 2.75) is 6.92 Å². The predicted molar refractivity (Wildman–Crippen MR) is 136 cm³/mol. The van der Waals surface area contributed by atoms with E-state index in [0.717, 1.165) is 16.9 Å². The predicted octanol–water partition coefficient (Wildman–Crippen LogP) is 5.47. The summed E-state index contributed by atoms with van der Waals surface area (Å²) in [6, 6.07) is 22.4. The molecule has 0 unspecified atom stereocenters. The van der Waals surface area contributed by atoms with Crippen LogP contribution in [0.5, 0.6) is 17.2 Å². The van der Waals surface area contributed by atoms with Crippen molar-refractivity contribution in [3.63, 3.8) is 0 Å². The minimum atomic E-state index is -0.314. The van der Waals surface area contributed by atoms with Gasteiger partial charge in [0.1, 0.15) is 11.6 Å². The molecule has 4 rings (SSSR count). The van der Waals surface area contributed by atoms with Gasteiger partial charge in [0.2, 0.25) is 5.75 Å². The van der Waals surface area contributed by atoms with Crippen molar-refractivity contribution >= 4 is 23.1 Å². The molecule has 8 nitrogen and oxygen atoms in total. The molecular weight excluding hydrogens is 444 g/mol. The molecule has 0 bridgehead atoms. The molecule has 35 heavy (non-hydrogen) atoms. The first-order chi connectivity index (χ1) is 17.0. The van der Waals surface area contributed by atoms with Crippen LogP contribution in [-0.4, -0.2) is 37.2 Å². The molecule has 0 aliphatic heterocycles. The Morgan fingerprint density at radius 2 is 1.46 bits per heavy atom. The number of nitrogens with one attached hydrogen (secondary N) is 2. The number of nitrogens with zero attached hydrogens (tertiary/aromatic N) is 2. The van der Waals surface area contributed by atoms with Gasteiger partial charge in [-0.15, -0.1) is 0 Å². The third-order valence-electron chi connectivity index (χ3n) is 5.23. The SMILES string of the molecule is COc1cc(C(=O)Nc2cccc(Nc3cc(-c4ccccc4)nc(C)n3)c2)cc(OC)c1OC. The summed E-state index contributed by atoms with van der Waals surface area (Å²) < 4.78 is 16.0. The van der Waals surface area contributed by atoms with Crippen molar-refractivity contribution in [3.05, 3.63) is 84.2 Å². The highest BCUT2D eigenvalue weighted by Crippen LogP contribution is 2.38. The van der Waals surface area contributed by atoms with Gasteiger partial charge in [-0.2, -0.15) is 0 Å². The highest BCUT2D eigenvalue weighted by atomic mass is 16.5. The van der Waals surface area contributed by atoms with Gasteiger partial charge in [-0.05, 0) is 37.3 Å². The number of ether oxygens (including phenoxy) is 3.